The Morgan fingerprint density at radius 3 is 2.42 bits per heavy atom. The van der Waals surface area contributed by atoms with E-state index in [0.717, 1.165) is 11.1 Å². The molecule has 10 heteroatoms. The van der Waals surface area contributed by atoms with Gasteiger partial charge in [-0.1, -0.05) is 12.1 Å². The van der Waals surface area contributed by atoms with Gasteiger partial charge in [0, 0.05) is 33.8 Å². The van der Waals surface area contributed by atoms with E-state index in [1.165, 1.54) is 4.90 Å². The summed E-state index contributed by atoms with van der Waals surface area (Å²) in [6, 6.07) is 9.70. The third-order valence-corrected chi connectivity index (χ3v) is 6.54. The molecule has 0 aliphatic carbocycles. The molecule has 2 aromatic rings. The Bertz CT molecular complexity index is 1190. The number of amides is 3. The zero-order valence-electron chi connectivity index (χ0n) is 21.5. The number of hydrogen-bond acceptors (Lipinski definition) is 6. The van der Waals surface area contributed by atoms with Gasteiger partial charge in [0.15, 0.2) is 11.5 Å². The van der Waals surface area contributed by atoms with Gasteiger partial charge in [0.05, 0.1) is 0 Å². The van der Waals surface area contributed by atoms with Gasteiger partial charge >= 0.3 is 0 Å². The number of aryl methyl sites for hydroxylation is 2. The second-order valence-electron chi connectivity index (χ2n) is 9.81. The van der Waals surface area contributed by atoms with E-state index in [-0.39, 0.29) is 18.5 Å². The average molecular weight is 516 g/mol. The summed E-state index contributed by atoms with van der Waals surface area (Å²) in [5, 5.41) is 5.56. The number of ether oxygens (including phenoxy) is 2. The monoisotopic (exact) mass is 515 g/mol. The van der Waals surface area contributed by atoms with Crippen LogP contribution in [0.2, 0.25) is 0 Å². The Kier molecular flexibility index (Phi) is 8.39. The molecule has 2 atom stereocenters. The minimum absolute atomic E-state index is 0.113. The van der Waals surface area contributed by atoms with Crippen LogP contribution < -0.4 is 25.0 Å². The molecule has 0 aromatic heterocycles. The number of nitrogens with zero attached hydrogens (tertiary/aromatic N) is 1. The van der Waals surface area contributed by atoms with Crippen molar-refractivity contribution < 1.29 is 28.1 Å². The zero-order chi connectivity index (χ0) is 26.6. The molecule has 0 fully saturated rings. The number of hydrogen-bond donors (Lipinski definition) is 2. The highest BCUT2D eigenvalue weighted by Crippen LogP contribution is 2.34. The van der Waals surface area contributed by atoms with Crippen molar-refractivity contribution in [2.45, 2.75) is 53.1 Å². The predicted molar refractivity (Wildman–Crippen MR) is 140 cm³/mol. The van der Waals surface area contributed by atoms with E-state index in [1.54, 1.807) is 25.1 Å². The number of rotatable bonds is 8. The summed E-state index contributed by atoms with van der Waals surface area (Å²) in [4.78, 5) is 40.2. The summed E-state index contributed by atoms with van der Waals surface area (Å²) < 4.78 is 23.4. The molecule has 0 radical (unpaired) electrons. The molecule has 1 heterocycles. The summed E-state index contributed by atoms with van der Waals surface area (Å²) in [5.41, 5.74) is 2.27. The molecule has 1 aliphatic rings. The first-order chi connectivity index (χ1) is 16.8. The van der Waals surface area contributed by atoms with Crippen molar-refractivity contribution >= 4 is 39.9 Å². The summed E-state index contributed by atoms with van der Waals surface area (Å²) in [6.45, 7) is 11.1. The van der Waals surface area contributed by atoms with E-state index >= 15 is 0 Å². The van der Waals surface area contributed by atoms with Gasteiger partial charge in [0.1, 0.15) is 17.5 Å². The van der Waals surface area contributed by atoms with Crippen molar-refractivity contribution in [3.05, 3.63) is 47.5 Å². The Morgan fingerprint density at radius 1 is 1.03 bits per heavy atom. The van der Waals surface area contributed by atoms with Gasteiger partial charge in [0.25, 0.3) is 0 Å². The molecule has 9 nitrogen and oxygen atoms in total. The van der Waals surface area contributed by atoms with Crippen LogP contribution >= 0.6 is 0 Å². The molecule has 2 aromatic carbocycles. The lowest BCUT2D eigenvalue weighted by Gasteiger charge is -2.32. The fourth-order valence-corrected chi connectivity index (χ4v) is 4.59. The number of anilines is 2. The molecule has 2 N–H and O–H groups in total. The van der Waals surface area contributed by atoms with Gasteiger partial charge in [-0.3, -0.25) is 23.5 Å². The molecule has 3 rings (SSSR count). The summed E-state index contributed by atoms with van der Waals surface area (Å²) in [7, 11) is -1.80. The lowest BCUT2D eigenvalue weighted by Crippen LogP contribution is -2.54. The zero-order valence-corrected chi connectivity index (χ0v) is 22.3. The first-order valence-electron chi connectivity index (χ1n) is 11.6. The molecule has 0 saturated heterocycles. The minimum atomic E-state index is -1.80. The highest BCUT2D eigenvalue weighted by atomic mass is 32.2. The number of nitrogens with one attached hydrogen (secondary N) is 2. The van der Waals surface area contributed by atoms with Crippen molar-refractivity contribution in [1.29, 1.82) is 0 Å². The molecule has 3 amide bonds. The van der Waals surface area contributed by atoms with Crippen LogP contribution in [-0.2, 0) is 25.2 Å². The molecule has 1 aliphatic heterocycles. The van der Waals surface area contributed by atoms with Crippen LogP contribution in [0, 0.1) is 13.8 Å². The fourth-order valence-electron chi connectivity index (χ4n) is 3.71. The predicted octanol–water partition coefficient (Wildman–Crippen LogP) is 3.06. The topological polar surface area (TPSA) is 114 Å². The highest BCUT2D eigenvalue weighted by molar-refractivity contribution is 7.86. The van der Waals surface area contributed by atoms with Crippen molar-refractivity contribution in [3.8, 4) is 11.5 Å². The Morgan fingerprint density at radius 2 is 1.72 bits per heavy atom. The third-order valence-electron chi connectivity index (χ3n) is 5.39. The molecule has 194 valence electrons. The standard InChI is InChI=1S/C26H33N3O6S/c1-16-7-8-17(2)20(11-16)29(18(3)25(32)28-26(4,5)6)24(31)14-36(33)13-23(30)27-19-9-10-21-22(12-19)35-15-34-21/h7-12,18H,13-15H2,1-6H3,(H,27,30)(H,28,32)/t18-,36-/m1/s1. The third kappa shape index (κ3) is 7.07. The summed E-state index contributed by atoms with van der Waals surface area (Å²) in [6.07, 6.45) is 0. The number of carbonyl (C=O) groups is 3. The normalized spacial score (nSPS) is 14.1. The molecule has 36 heavy (non-hydrogen) atoms. The van der Waals surface area contributed by atoms with E-state index in [0.29, 0.717) is 22.9 Å². The summed E-state index contributed by atoms with van der Waals surface area (Å²) >= 11 is 0. The van der Waals surface area contributed by atoms with Crippen LogP contribution in [0.1, 0.15) is 38.8 Å². The quantitative estimate of drug-likeness (QED) is 0.559. The molecule has 0 bridgehead atoms. The molecule has 0 saturated carbocycles. The first-order valence-corrected chi connectivity index (χ1v) is 13.1. The number of fused-ring (bicyclic) bond motifs is 1. The van der Waals surface area contributed by atoms with Crippen LogP contribution in [0.3, 0.4) is 0 Å². The maximum absolute atomic E-state index is 13.4. The van der Waals surface area contributed by atoms with Gasteiger partial charge in [-0.2, -0.15) is 0 Å². The maximum Gasteiger partial charge on any atom is 0.243 e. The second kappa shape index (κ2) is 11.1. The van der Waals surface area contributed by atoms with Crippen LogP contribution in [-0.4, -0.2) is 51.8 Å². The van der Waals surface area contributed by atoms with Gasteiger partial charge < -0.3 is 20.1 Å². The van der Waals surface area contributed by atoms with Crippen molar-refractivity contribution in [2.24, 2.45) is 0 Å². The Balaban J connectivity index is 1.72. The lowest BCUT2D eigenvalue weighted by atomic mass is 10.1. The van der Waals surface area contributed by atoms with Crippen LogP contribution in [0.25, 0.3) is 0 Å². The molecular weight excluding hydrogens is 482 g/mol. The van der Waals surface area contributed by atoms with Crippen molar-refractivity contribution in [3.63, 3.8) is 0 Å². The highest BCUT2D eigenvalue weighted by Gasteiger charge is 2.31. The van der Waals surface area contributed by atoms with E-state index in [1.807, 2.05) is 52.8 Å². The van der Waals surface area contributed by atoms with E-state index < -0.39 is 39.9 Å². The van der Waals surface area contributed by atoms with Crippen molar-refractivity contribution in [1.82, 2.24) is 5.32 Å². The summed E-state index contributed by atoms with van der Waals surface area (Å²) in [5.74, 6) is -1.03. The maximum atomic E-state index is 13.4. The van der Waals surface area contributed by atoms with Crippen molar-refractivity contribution in [2.75, 3.05) is 28.5 Å². The van der Waals surface area contributed by atoms with Gasteiger partial charge in [-0.05, 0) is 70.9 Å². The van der Waals surface area contributed by atoms with E-state index in [9.17, 15) is 18.6 Å². The lowest BCUT2D eigenvalue weighted by molar-refractivity contribution is -0.126. The Labute approximate surface area is 214 Å². The van der Waals surface area contributed by atoms with Gasteiger partial charge in [-0.25, -0.2) is 0 Å². The second-order valence-corrected chi connectivity index (χ2v) is 11.3. The largest absolute Gasteiger partial charge is 0.454 e. The molecular formula is C26H33N3O6S. The first kappa shape index (κ1) is 27.2. The minimum Gasteiger partial charge on any atom is -0.454 e. The van der Waals surface area contributed by atoms with E-state index in [4.69, 9.17) is 9.47 Å². The number of benzene rings is 2. The van der Waals surface area contributed by atoms with Crippen LogP contribution in [0.4, 0.5) is 11.4 Å². The average Bonchev–Trinajstić information content (AvgIpc) is 3.22. The fraction of sp³-hybridized carbons (Fsp3) is 0.423. The Hall–Kier alpha value is -3.40. The van der Waals surface area contributed by atoms with Gasteiger partial charge in [-0.15, -0.1) is 0 Å². The SMILES string of the molecule is Cc1ccc(C)c(N(C(=O)C[S@](=O)CC(=O)Nc2ccc3c(c2)OCO3)[C@H](C)C(=O)NC(C)(C)C)c1. The van der Waals surface area contributed by atoms with Crippen LogP contribution in [0.5, 0.6) is 11.5 Å². The van der Waals surface area contributed by atoms with E-state index in [2.05, 4.69) is 10.6 Å². The molecule has 0 unspecified atom stereocenters. The molecule has 0 spiro atoms. The smallest absolute Gasteiger partial charge is 0.243 e. The van der Waals surface area contributed by atoms with Gasteiger partial charge in [0.2, 0.25) is 24.5 Å². The van der Waals surface area contributed by atoms with Crippen LogP contribution in [0.15, 0.2) is 36.4 Å². The number of carbonyl (C=O) groups excluding carboxylic acids is 3.